The summed E-state index contributed by atoms with van der Waals surface area (Å²) >= 11 is 0. The molecule has 0 radical (unpaired) electrons. The fourth-order valence-corrected chi connectivity index (χ4v) is 1.70. The van der Waals surface area contributed by atoms with E-state index < -0.39 is 17.8 Å². The Balaban J connectivity index is 2.50. The van der Waals surface area contributed by atoms with Gasteiger partial charge in [-0.25, -0.2) is 19.0 Å². The molecule has 1 N–H and O–H groups in total. The van der Waals surface area contributed by atoms with E-state index in [1.165, 1.54) is 24.4 Å². The highest BCUT2D eigenvalue weighted by molar-refractivity contribution is 5.92. The summed E-state index contributed by atoms with van der Waals surface area (Å²) in [4.78, 5) is 26.0. The second-order valence-corrected chi connectivity index (χ2v) is 3.92. The van der Waals surface area contributed by atoms with Gasteiger partial charge in [-0.2, -0.15) is 0 Å². The number of pyridine rings is 1. The van der Waals surface area contributed by atoms with Crippen molar-refractivity contribution in [2.75, 3.05) is 7.11 Å². The summed E-state index contributed by atoms with van der Waals surface area (Å²) in [5.41, 5.74) is 0.671. The maximum Gasteiger partial charge on any atom is 0.354 e. The maximum atomic E-state index is 13.5. The molecule has 6 heteroatoms. The quantitative estimate of drug-likeness (QED) is 0.870. The average molecular weight is 275 g/mol. The fraction of sp³-hybridized carbons (Fsp3) is 0.0714. The Morgan fingerprint density at radius 2 is 1.90 bits per heavy atom. The van der Waals surface area contributed by atoms with Crippen LogP contribution in [0.4, 0.5) is 4.39 Å². The topological polar surface area (TPSA) is 76.5 Å². The molecule has 0 aliphatic rings. The number of aromatic nitrogens is 1. The molecule has 0 spiro atoms. The molecule has 1 aromatic carbocycles. The fourth-order valence-electron chi connectivity index (χ4n) is 1.70. The molecule has 102 valence electrons. The number of rotatable bonds is 3. The Morgan fingerprint density at radius 1 is 1.20 bits per heavy atom. The lowest BCUT2D eigenvalue weighted by atomic mass is 10.0. The first kappa shape index (κ1) is 13.7. The van der Waals surface area contributed by atoms with E-state index in [1.807, 2.05) is 0 Å². The Labute approximate surface area is 113 Å². The number of carbonyl (C=O) groups is 2. The SMILES string of the molecule is COC(=O)c1cc(-c2ccnc(C(=O)O)c2)ccc1F. The highest BCUT2D eigenvalue weighted by Crippen LogP contribution is 2.23. The normalized spacial score (nSPS) is 10.1. The standard InChI is InChI=1S/C14H10FNO4/c1-20-14(19)10-6-8(2-3-11(10)15)9-4-5-16-12(7-9)13(17)18/h2-7H,1H3,(H,17,18). The second-order valence-electron chi connectivity index (χ2n) is 3.92. The summed E-state index contributed by atoms with van der Waals surface area (Å²) in [5.74, 6) is -2.66. The van der Waals surface area contributed by atoms with Gasteiger partial charge in [0.05, 0.1) is 12.7 Å². The van der Waals surface area contributed by atoms with Crippen LogP contribution in [-0.2, 0) is 4.74 Å². The predicted octanol–water partition coefficient (Wildman–Crippen LogP) is 2.37. The van der Waals surface area contributed by atoms with Crippen molar-refractivity contribution in [2.24, 2.45) is 0 Å². The zero-order valence-electron chi connectivity index (χ0n) is 10.5. The molecule has 1 heterocycles. The maximum absolute atomic E-state index is 13.5. The van der Waals surface area contributed by atoms with Gasteiger partial charge in [-0.1, -0.05) is 6.07 Å². The van der Waals surface area contributed by atoms with E-state index in [1.54, 1.807) is 6.07 Å². The largest absolute Gasteiger partial charge is 0.477 e. The molecule has 0 aliphatic carbocycles. The number of esters is 1. The van der Waals surface area contributed by atoms with Crippen LogP contribution in [0.2, 0.25) is 0 Å². The van der Waals surface area contributed by atoms with E-state index in [2.05, 4.69) is 9.72 Å². The van der Waals surface area contributed by atoms with Crippen molar-refractivity contribution in [3.05, 3.63) is 53.6 Å². The van der Waals surface area contributed by atoms with Gasteiger partial charge in [0.2, 0.25) is 0 Å². The molecule has 0 unspecified atom stereocenters. The molecular weight excluding hydrogens is 265 g/mol. The first-order valence-electron chi connectivity index (χ1n) is 5.60. The van der Waals surface area contributed by atoms with Crippen LogP contribution < -0.4 is 0 Å². The van der Waals surface area contributed by atoms with Crippen molar-refractivity contribution in [1.82, 2.24) is 4.98 Å². The van der Waals surface area contributed by atoms with Crippen LogP contribution in [0, 0.1) is 5.82 Å². The van der Waals surface area contributed by atoms with Crippen LogP contribution in [0.5, 0.6) is 0 Å². The number of carboxylic acid groups (broad SMARTS) is 1. The number of ether oxygens (including phenoxy) is 1. The minimum Gasteiger partial charge on any atom is -0.477 e. The molecule has 0 atom stereocenters. The Morgan fingerprint density at radius 3 is 2.55 bits per heavy atom. The van der Waals surface area contributed by atoms with Gasteiger partial charge in [-0.3, -0.25) is 0 Å². The average Bonchev–Trinajstić information content (AvgIpc) is 2.47. The molecule has 0 bridgehead atoms. The lowest BCUT2D eigenvalue weighted by Crippen LogP contribution is -2.05. The van der Waals surface area contributed by atoms with Crippen LogP contribution in [0.3, 0.4) is 0 Å². The van der Waals surface area contributed by atoms with Gasteiger partial charge in [0.15, 0.2) is 0 Å². The molecule has 0 aliphatic heterocycles. The first-order valence-corrected chi connectivity index (χ1v) is 5.60. The second kappa shape index (κ2) is 5.48. The summed E-state index contributed by atoms with van der Waals surface area (Å²) in [6, 6.07) is 6.80. The third-order valence-corrected chi connectivity index (χ3v) is 2.68. The number of hydrogen-bond donors (Lipinski definition) is 1. The lowest BCUT2D eigenvalue weighted by molar-refractivity contribution is 0.0594. The molecule has 2 aromatic rings. The van der Waals surface area contributed by atoms with Crippen LogP contribution in [-0.4, -0.2) is 29.1 Å². The van der Waals surface area contributed by atoms with E-state index in [0.29, 0.717) is 11.1 Å². The van der Waals surface area contributed by atoms with Crippen molar-refractivity contribution in [1.29, 1.82) is 0 Å². The number of carbonyl (C=O) groups excluding carboxylic acids is 1. The van der Waals surface area contributed by atoms with Gasteiger partial charge in [0, 0.05) is 6.20 Å². The summed E-state index contributed by atoms with van der Waals surface area (Å²) in [6.07, 6.45) is 1.33. The van der Waals surface area contributed by atoms with Crippen molar-refractivity contribution in [3.8, 4) is 11.1 Å². The van der Waals surface area contributed by atoms with E-state index >= 15 is 0 Å². The number of halogens is 1. The van der Waals surface area contributed by atoms with Gasteiger partial charge in [-0.15, -0.1) is 0 Å². The van der Waals surface area contributed by atoms with Crippen molar-refractivity contribution >= 4 is 11.9 Å². The molecule has 0 fully saturated rings. The first-order chi connectivity index (χ1) is 9.52. The molecule has 20 heavy (non-hydrogen) atoms. The zero-order chi connectivity index (χ0) is 14.7. The van der Waals surface area contributed by atoms with Crippen LogP contribution in [0.25, 0.3) is 11.1 Å². The summed E-state index contributed by atoms with van der Waals surface area (Å²) in [5, 5.41) is 8.88. The number of carboxylic acids is 1. The number of aromatic carboxylic acids is 1. The molecule has 5 nitrogen and oxygen atoms in total. The number of hydrogen-bond acceptors (Lipinski definition) is 4. The van der Waals surface area contributed by atoms with E-state index in [4.69, 9.17) is 5.11 Å². The minimum absolute atomic E-state index is 0.133. The predicted molar refractivity (Wildman–Crippen MR) is 67.9 cm³/mol. The summed E-state index contributed by atoms with van der Waals surface area (Å²) < 4.78 is 18.0. The third-order valence-electron chi connectivity index (χ3n) is 2.68. The summed E-state index contributed by atoms with van der Waals surface area (Å²) in [7, 11) is 1.16. The molecule has 0 saturated carbocycles. The smallest absolute Gasteiger partial charge is 0.354 e. The number of nitrogens with zero attached hydrogens (tertiary/aromatic N) is 1. The van der Waals surface area contributed by atoms with Crippen LogP contribution in [0.1, 0.15) is 20.8 Å². The molecule has 0 amide bonds. The van der Waals surface area contributed by atoms with Crippen molar-refractivity contribution < 1.29 is 23.8 Å². The number of benzene rings is 1. The van der Waals surface area contributed by atoms with Gasteiger partial charge >= 0.3 is 11.9 Å². The Bertz CT molecular complexity index is 685. The highest BCUT2D eigenvalue weighted by Gasteiger charge is 2.14. The zero-order valence-corrected chi connectivity index (χ0v) is 10.5. The van der Waals surface area contributed by atoms with Crippen molar-refractivity contribution in [3.63, 3.8) is 0 Å². The lowest BCUT2D eigenvalue weighted by Gasteiger charge is -2.06. The Kier molecular flexibility index (Phi) is 3.74. The van der Waals surface area contributed by atoms with E-state index in [-0.39, 0.29) is 11.3 Å². The van der Waals surface area contributed by atoms with Crippen LogP contribution >= 0.6 is 0 Å². The Hall–Kier alpha value is -2.76. The van der Waals surface area contributed by atoms with E-state index in [0.717, 1.165) is 13.2 Å². The molecule has 0 saturated heterocycles. The van der Waals surface area contributed by atoms with E-state index in [9.17, 15) is 14.0 Å². The monoisotopic (exact) mass is 275 g/mol. The van der Waals surface area contributed by atoms with Gasteiger partial charge < -0.3 is 9.84 Å². The summed E-state index contributed by atoms with van der Waals surface area (Å²) in [6.45, 7) is 0. The molecule has 2 rings (SSSR count). The van der Waals surface area contributed by atoms with Gasteiger partial charge in [0.25, 0.3) is 0 Å². The van der Waals surface area contributed by atoms with Crippen molar-refractivity contribution in [2.45, 2.75) is 0 Å². The van der Waals surface area contributed by atoms with Gasteiger partial charge in [-0.05, 0) is 35.4 Å². The molecule has 1 aromatic heterocycles. The number of methoxy groups -OCH3 is 1. The minimum atomic E-state index is -1.16. The third kappa shape index (κ3) is 2.64. The molecular formula is C14H10FNO4. The highest BCUT2D eigenvalue weighted by atomic mass is 19.1. The van der Waals surface area contributed by atoms with Gasteiger partial charge in [0.1, 0.15) is 11.5 Å². The van der Waals surface area contributed by atoms with Crippen LogP contribution in [0.15, 0.2) is 36.5 Å².